The standard InChI is InChI=1S/C18H22N2O4S2/c1-20(26(22,23)17-10-8-16(25-3)9-11-17)13-18(21)19-12-14-4-6-15(24-2)7-5-14/h4-11H,12-13H2,1-3H3,(H,19,21). The van der Waals surface area contributed by atoms with E-state index < -0.39 is 10.0 Å². The number of benzene rings is 2. The molecule has 2 aromatic rings. The Balaban J connectivity index is 1.93. The Kier molecular flexibility index (Phi) is 7.07. The Morgan fingerprint density at radius 2 is 1.73 bits per heavy atom. The highest BCUT2D eigenvalue weighted by atomic mass is 32.2. The number of ether oxygens (including phenoxy) is 1. The lowest BCUT2D eigenvalue weighted by molar-refractivity contribution is -0.121. The predicted molar refractivity (Wildman–Crippen MR) is 103 cm³/mol. The van der Waals surface area contributed by atoms with E-state index in [1.54, 1.807) is 43.5 Å². The molecule has 2 rings (SSSR count). The van der Waals surface area contributed by atoms with E-state index in [0.29, 0.717) is 6.54 Å². The molecule has 1 amide bonds. The minimum atomic E-state index is -3.70. The number of sulfonamides is 1. The van der Waals surface area contributed by atoms with E-state index in [4.69, 9.17) is 4.74 Å². The molecule has 8 heteroatoms. The molecule has 0 unspecified atom stereocenters. The third-order valence-corrected chi connectivity index (χ3v) is 6.34. The Morgan fingerprint density at radius 3 is 2.27 bits per heavy atom. The highest BCUT2D eigenvalue weighted by Crippen LogP contribution is 2.19. The molecule has 1 N–H and O–H groups in total. The van der Waals surface area contributed by atoms with Crippen molar-refractivity contribution >= 4 is 27.7 Å². The first-order valence-corrected chi connectivity index (χ1v) is 10.5. The van der Waals surface area contributed by atoms with Gasteiger partial charge < -0.3 is 10.1 Å². The van der Waals surface area contributed by atoms with Gasteiger partial charge in [-0.1, -0.05) is 12.1 Å². The Hall–Kier alpha value is -2.03. The quantitative estimate of drug-likeness (QED) is 0.696. The van der Waals surface area contributed by atoms with Crippen molar-refractivity contribution in [3.05, 3.63) is 54.1 Å². The highest BCUT2D eigenvalue weighted by Gasteiger charge is 2.22. The van der Waals surface area contributed by atoms with Crippen molar-refractivity contribution in [2.45, 2.75) is 16.3 Å². The van der Waals surface area contributed by atoms with Crippen LogP contribution in [0.4, 0.5) is 0 Å². The summed E-state index contributed by atoms with van der Waals surface area (Å²) in [4.78, 5) is 13.2. The van der Waals surface area contributed by atoms with E-state index in [2.05, 4.69) is 5.32 Å². The molecule has 6 nitrogen and oxygen atoms in total. The Bertz CT molecular complexity index is 834. The number of nitrogens with one attached hydrogen (secondary N) is 1. The Labute approximate surface area is 158 Å². The van der Waals surface area contributed by atoms with Crippen molar-refractivity contribution in [3.63, 3.8) is 0 Å². The third-order valence-electron chi connectivity index (χ3n) is 3.78. The number of thioether (sulfide) groups is 1. The minimum absolute atomic E-state index is 0.167. The van der Waals surface area contributed by atoms with Gasteiger partial charge in [0.2, 0.25) is 15.9 Å². The average Bonchev–Trinajstić information content (AvgIpc) is 2.66. The molecule has 0 aliphatic rings. The summed E-state index contributed by atoms with van der Waals surface area (Å²) >= 11 is 1.53. The van der Waals surface area contributed by atoms with Crippen LogP contribution in [0.3, 0.4) is 0 Å². The van der Waals surface area contributed by atoms with Crippen LogP contribution in [0.15, 0.2) is 58.3 Å². The summed E-state index contributed by atoms with van der Waals surface area (Å²) in [5.41, 5.74) is 0.900. The first-order chi connectivity index (χ1) is 12.4. The number of amides is 1. The second-order valence-electron chi connectivity index (χ2n) is 5.56. The summed E-state index contributed by atoms with van der Waals surface area (Å²) in [5, 5.41) is 2.72. The van der Waals surface area contributed by atoms with Gasteiger partial charge in [-0.25, -0.2) is 8.42 Å². The summed E-state index contributed by atoms with van der Waals surface area (Å²) in [6.45, 7) is 0.0713. The zero-order chi connectivity index (χ0) is 19.2. The van der Waals surface area contributed by atoms with Crippen LogP contribution in [-0.4, -0.2) is 45.6 Å². The summed E-state index contributed by atoms with van der Waals surface area (Å²) < 4.78 is 31.2. The molecule has 0 aliphatic carbocycles. The number of carbonyl (C=O) groups excluding carboxylic acids is 1. The summed E-state index contributed by atoms with van der Waals surface area (Å²) in [6, 6.07) is 13.9. The van der Waals surface area contributed by atoms with E-state index in [0.717, 1.165) is 20.5 Å². The van der Waals surface area contributed by atoms with Crippen molar-refractivity contribution in [1.29, 1.82) is 0 Å². The van der Waals surface area contributed by atoms with Crippen molar-refractivity contribution in [2.75, 3.05) is 27.0 Å². The summed E-state index contributed by atoms with van der Waals surface area (Å²) in [7, 11) is -0.726. The lowest BCUT2D eigenvalue weighted by atomic mass is 10.2. The van der Waals surface area contributed by atoms with Gasteiger partial charge in [0.05, 0.1) is 18.6 Å². The molecule has 0 saturated carbocycles. The second kappa shape index (κ2) is 9.07. The molecular formula is C18H22N2O4S2. The predicted octanol–water partition coefficient (Wildman–Crippen LogP) is 2.35. The zero-order valence-electron chi connectivity index (χ0n) is 14.9. The molecule has 0 heterocycles. The summed E-state index contributed by atoms with van der Waals surface area (Å²) in [5.74, 6) is 0.367. The van der Waals surface area contributed by atoms with Crippen LogP contribution >= 0.6 is 11.8 Å². The van der Waals surface area contributed by atoms with Crippen molar-refractivity contribution < 1.29 is 17.9 Å². The topological polar surface area (TPSA) is 75.7 Å². The zero-order valence-corrected chi connectivity index (χ0v) is 16.6. The number of methoxy groups -OCH3 is 1. The molecular weight excluding hydrogens is 372 g/mol. The van der Waals surface area contributed by atoms with Gasteiger partial charge >= 0.3 is 0 Å². The van der Waals surface area contributed by atoms with Gasteiger partial charge in [-0.2, -0.15) is 4.31 Å². The first-order valence-electron chi connectivity index (χ1n) is 7.87. The monoisotopic (exact) mass is 394 g/mol. The number of hydrogen-bond acceptors (Lipinski definition) is 5. The smallest absolute Gasteiger partial charge is 0.243 e. The van der Waals surface area contributed by atoms with Crippen LogP contribution in [0.1, 0.15) is 5.56 Å². The average molecular weight is 395 g/mol. The number of nitrogens with zero attached hydrogens (tertiary/aromatic N) is 1. The van der Waals surface area contributed by atoms with Crippen molar-refractivity contribution in [1.82, 2.24) is 9.62 Å². The van der Waals surface area contributed by atoms with E-state index in [1.807, 2.05) is 18.4 Å². The maximum Gasteiger partial charge on any atom is 0.243 e. The van der Waals surface area contributed by atoms with Gasteiger partial charge in [-0.05, 0) is 48.2 Å². The fraction of sp³-hybridized carbons (Fsp3) is 0.278. The van der Waals surface area contributed by atoms with E-state index in [9.17, 15) is 13.2 Å². The SMILES string of the molecule is COc1ccc(CNC(=O)CN(C)S(=O)(=O)c2ccc(SC)cc2)cc1. The van der Waals surface area contributed by atoms with Gasteiger partial charge in [0.25, 0.3) is 0 Å². The molecule has 26 heavy (non-hydrogen) atoms. The van der Waals surface area contributed by atoms with E-state index in [-0.39, 0.29) is 17.3 Å². The second-order valence-corrected chi connectivity index (χ2v) is 8.49. The molecule has 0 aromatic heterocycles. The molecule has 0 atom stereocenters. The minimum Gasteiger partial charge on any atom is -0.497 e. The third kappa shape index (κ3) is 5.23. The maximum absolute atomic E-state index is 12.5. The van der Waals surface area contributed by atoms with Gasteiger partial charge in [0.1, 0.15) is 5.75 Å². The number of likely N-dealkylation sites (N-methyl/N-ethyl adjacent to an activating group) is 1. The fourth-order valence-corrected chi connectivity index (χ4v) is 3.75. The van der Waals surface area contributed by atoms with Gasteiger partial charge in [-0.15, -0.1) is 11.8 Å². The van der Waals surface area contributed by atoms with Crippen molar-refractivity contribution in [2.24, 2.45) is 0 Å². The lowest BCUT2D eigenvalue weighted by Gasteiger charge is -2.17. The van der Waals surface area contributed by atoms with Crippen LogP contribution in [0.5, 0.6) is 5.75 Å². The highest BCUT2D eigenvalue weighted by molar-refractivity contribution is 7.98. The van der Waals surface area contributed by atoms with Gasteiger partial charge in [0, 0.05) is 18.5 Å². The van der Waals surface area contributed by atoms with Crippen LogP contribution in [0.2, 0.25) is 0 Å². The molecule has 0 saturated heterocycles. The molecule has 0 fully saturated rings. The largest absolute Gasteiger partial charge is 0.497 e. The molecule has 2 aromatic carbocycles. The number of rotatable bonds is 8. The molecule has 140 valence electrons. The molecule has 0 radical (unpaired) electrons. The molecule has 0 bridgehead atoms. The Morgan fingerprint density at radius 1 is 1.12 bits per heavy atom. The summed E-state index contributed by atoms with van der Waals surface area (Å²) in [6.07, 6.45) is 1.92. The van der Waals surface area contributed by atoms with Crippen LogP contribution in [-0.2, 0) is 21.4 Å². The first kappa shape index (κ1) is 20.3. The van der Waals surface area contributed by atoms with Crippen LogP contribution < -0.4 is 10.1 Å². The van der Waals surface area contributed by atoms with E-state index in [1.165, 1.54) is 18.8 Å². The fourth-order valence-electron chi connectivity index (χ4n) is 2.21. The normalized spacial score (nSPS) is 11.4. The molecule has 0 aliphatic heterocycles. The maximum atomic E-state index is 12.5. The van der Waals surface area contributed by atoms with E-state index >= 15 is 0 Å². The lowest BCUT2D eigenvalue weighted by Crippen LogP contribution is -2.38. The number of carbonyl (C=O) groups is 1. The van der Waals surface area contributed by atoms with Crippen LogP contribution in [0, 0.1) is 0 Å². The van der Waals surface area contributed by atoms with Crippen LogP contribution in [0.25, 0.3) is 0 Å². The van der Waals surface area contributed by atoms with Gasteiger partial charge in [0.15, 0.2) is 0 Å². The van der Waals surface area contributed by atoms with Crippen molar-refractivity contribution in [3.8, 4) is 5.75 Å². The molecule has 0 spiro atoms. The number of hydrogen-bond donors (Lipinski definition) is 1. The van der Waals surface area contributed by atoms with Gasteiger partial charge in [-0.3, -0.25) is 4.79 Å².